The molecule has 0 aliphatic carbocycles. The van der Waals surface area contributed by atoms with Crippen molar-refractivity contribution in [3.05, 3.63) is 71.4 Å². The Bertz CT molecular complexity index is 900. The first kappa shape index (κ1) is 16.8. The lowest BCUT2D eigenvalue weighted by Crippen LogP contribution is -2.26. The Morgan fingerprint density at radius 1 is 1.08 bits per heavy atom. The minimum Gasteiger partial charge on any atom is -0.445 e. The summed E-state index contributed by atoms with van der Waals surface area (Å²) in [4.78, 5) is 28.4. The van der Waals surface area contributed by atoms with Crippen LogP contribution in [0.3, 0.4) is 0 Å². The second-order valence-electron chi connectivity index (χ2n) is 6.03. The van der Waals surface area contributed by atoms with Crippen LogP contribution in [-0.2, 0) is 17.9 Å². The highest BCUT2D eigenvalue weighted by Crippen LogP contribution is 2.21. The molecule has 128 valence electrons. The van der Waals surface area contributed by atoms with Gasteiger partial charge in [-0.15, -0.1) is 0 Å². The fraction of sp³-hybridized carbons (Fsp3) is 0.200. The summed E-state index contributed by atoms with van der Waals surface area (Å²) in [6.07, 6.45) is 1.33. The van der Waals surface area contributed by atoms with Gasteiger partial charge in [0.25, 0.3) is 0 Å². The van der Waals surface area contributed by atoms with Crippen LogP contribution in [0.1, 0.15) is 28.4 Å². The van der Waals surface area contributed by atoms with Gasteiger partial charge in [-0.1, -0.05) is 36.4 Å². The minimum absolute atomic E-state index is 0.0130. The fourth-order valence-corrected chi connectivity index (χ4v) is 2.73. The summed E-state index contributed by atoms with van der Waals surface area (Å²) in [5, 5.41) is 0.871. The van der Waals surface area contributed by atoms with Crippen molar-refractivity contribution in [2.24, 2.45) is 0 Å². The monoisotopic (exact) mass is 336 g/mol. The number of aromatic nitrogens is 1. The number of nitrogens with one attached hydrogen (secondary N) is 1. The van der Waals surface area contributed by atoms with E-state index in [1.54, 1.807) is 20.2 Å². The van der Waals surface area contributed by atoms with Crippen molar-refractivity contribution in [1.29, 1.82) is 0 Å². The molecule has 1 aromatic heterocycles. The molecule has 25 heavy (non-hydrogen) atoms. The van der Waals surface area contributed by atoms with Crippen molar-refractivity contribution in [1.82, 2.24) is 9.88 Å². The molecule has 1 heterocycles. The average molecular weight is 336 g/mol. The van der Waals surface area contributed by atoms with Gasteiger partial charge in [0.05, 0.1) is 0 Å². The summed E-state index contributed by atoms with van der Waals surface area (Å²) < 4.78 is 5.32. The second-order valence-corrected chi connectivity index (χ2v) is 6.03. The average Bonchev–Trinajstić information content (AvgIpc) is 3.04. The molecule has 0 spiro atoms. The van der Waals surface area contributed by atoms with E-state index in [9.17, 15) is 9.59 Å². The molecular weight excluding hydrogens is 316 g/mol. The zero-order valence-electron chi connectivity index (χ0n) is 14.3. The SMILES string of the molecule is CC(=O)c1c[nH]c2ccc(CN(C)C(=O)OCc3ccccc3)cc12. The molecule has 1 N–H and O–H groups in total. The number of hydrogen-bond acceptors (Lipinski definition) is 3. The number of H-pyrrole nitrogens is 1. The van der Waals surface area contributed by atoms with Gasteiger partial charge in [-0.05, 0) is 30.2 Å². The van der Waals surface area contributed by atoms with Crippen molar-refractivity contribution < 1.29 is 14.3 Å². The van der Waals surface area contributed by atoms with Crippen LogP contribution in [0.5, 0.6) is 0 Å². The van der Waals surface area contributed by atoms with Crippen LogP contribution in [0.2, 0.25) is 0 Å². The second kappa shape index (κ2) is 7.21. The molecular formula is C20H20N2O3. The maximum absolute atomic E-state index is 12.2. The van der Waals surface area contributed by atoms with E-state index in [2.05, 4.69) is 4.98 Å². The van der Waals surface area contributed by atoms with Gasteiger partial charge >= 0.3 is 6.09 Å². The van der Waals surface area contributed by atoms with Crippen LogP contribution in [0.15, 0.2) is 54.7 Å². The third-order valence-corrected chi connectivity index (χ3v) is 4.06. The standard InChI is InChI=1S/C20H20N2O3/c1-14(23)18-11-21-19-9-8-16(10-17(18)19)12-22(2)20(24)25-13-15-6-4-3-5-7-15/h3-11,21H,12-13H2,1-2H3. The summed E-state index contributed by atoms with van der Waals surface area (Å²) in [5.74, 6) is 0.0130. The Kier molecular flexibility index (Phi) is 4.84. The summed E-state index contributed by atoms with van der Waals surface area (Å²) in [7, 11) is 1.69. The molecule has 0 fully saturated rings. The largest absolute Gasteiger partial charge is 0.445 e. The van der Waals surface area contributed by atoms with E-state index >= 15 is 0 Å². The van der Waals surface area contributed by atoms with Gasteiger partial charge in [-0.2, -0.15) is 0 Å². The predicted octanol–water partition coefficient (Wildman–Crippen LogP) is 4.14. The topological polar surface area (TPSA) is 62.4 Å². The highest BCUT2D eigenvalue weighted by atomic mass is 16.6. The number of ketones is 1. The van der Waals surface area contributed by atoms with E-state index in [1.807, 2.05) is 48.5 Å². The number of nitrogens with zero attached hydrogens (tertiary/aromatic N) is 1. The molecule has 1 amide bonds. The lowest BCUT2D eigenvalue weighted by Gasteiger charge is -2.17. The van der Waals surface area contributed by atoms with Crippen molar-refractivity contribution in [2.75, 3.05) is 7.05 Å². The Hall–Kier alpha value is -3.08. The van der Waals surface area contributed by atoms with Gasteiger partial charge in [0.1, 0.15) is 6.61 Å². The number of rotatable bonds is 5. The van der Waals surface area contributed by atoms with Gasteiger partial charge < -0.3 is 14.6 Å². The Balaban J connectivity index is 1.66. The highest BCUT2D eigenvalue weighted by molar-refractivity contribution is 6.06. The Labute approximate surface area is 146 Å². The number of fused-ring (bicyclic) bond motifs is 1. The zero-order chi connectivity index (χ0) is 17.8. The van der Waals surface area contributed by atoms with Crippen molar-refractivity contribution in [2.45, 2.75) is 20.1 Å². The van der Waals surface area contributed by atoms with Crippen LogP contribution >= 0.6 is 0 Å². The van der Waals surface area contributed by atoms with Crippen molar-refractivity contribution >= 4 is 22.8 Å². The van der Waals surface area contributed by atoms with Crippen LogP contribution in [0, 0.1) is 0 Å². The Morgan fingerprint density at radius 3 is 2.56 bits per heavy atom. The third-order valence-electron chi connectivity index (χ3n) is 4.06. The molecule has 3 rings (SSSR count). The molecule has 0 saturated carbocycles. The number of amides is 1. The predicted molar refractivity (Wildman–Crippen MR) is 96.4 cm³/mol. The molecule has 0 aliphatic rings. The van der Waals surface area contributed by atoms with Gasteiger partial charge in [-0.25, -0.2) is 4.79 Å². The van der Waals surface area contributed by atoms with E-state index < -0.39 is 0 Å². The molecule has 3 aromatic rings. The molecule has 0 atom stereocenters. The Morgan fingerprint density at radius 2 is 1.84 bits per heavy atom. The third kappa shape index (κ3) is 3.88. The van der Waals surface area contributed by atoms with E-state index in [0.717, 1.165) is 22.0 Å². The van der Waals surface area contributed by atoms with E-state index in [0.29, 0.717) is 12.1 Å². The smallest absolute Gasteiger partial charge is 0.410 e. The molecule has 0 unspecified atom stereocenters. The number of aromatic amines is 1. The molecule has 0 radical (unpaired) electrons. The normalized spacial score (nSPS) is 10.6. The maximum Gasteiger partial charge on any atom is 0.410 e. The van der Waals surface area contributed by atoms with Gasteiger partial charge in [0.2, 0.25) is 0 Å². The number of carbonyl (C=O) groups is 2. The van der Waals surface area contributed by atoms with Crippen molar-refractivity contribution in [3.8, 4) is 0 Å². The fourth-order valence-electron chi connectivity index (χ4n) is 2.73. The van der Waals surface area contributed by atoms with Crippen LogP contribution in [0.4, 0.5) is 4.79 Å². The van der Waals surface area contributed by atoms with Crippen molar-refractivity contribution in [3.63, 3.8) is 0 Å². The van der Waals surface area contributed by atoms with Crippen LogP contribution in [0.25, 0.3) is 10.9 Å². The summed E-state index contributed by atoms with van der Waals surface area (Å²) in [6, 6.07) is 15.3. The lowest BCUT2D eigenvalue weighted by molar-refractivity contribution is 0.101. The van der Waals surface area contributed by atoms with Gasteiger partial charge in [-0.3, -0.25) is 4.79 Å². The maximum atomic E-state index is 12.2. The molecule has 0 saturated heterocycles. The number of Topliss-reactive ketones (excluding diaryl/α,β-unsaturated/α-hetero) is 1. The molecule has 2 aromatic carbocycles. The number of benzene rings is 2. The lowest BCUT2D eigenvalue weighted by atomic mass is 10.1. The first-order valence-electron chi connectivity index (χ1n) is 8.07. The highest BCUT2D eigenvalue weighted by Gasteiger charge is 2.13. The van der Waals surface area contributed by atoms with E-state index in [4.69, 9.17) is 4.74 Å². The van der Waals surface area contributed by atoms with Crippen LogP contribution in [-0.4, -0.2) is 28.8 Å². The zero-order valence-corrected chi connectivity index (χ0v) is 14.3. The van der Waals surface area contributed by atoms with E-state index in [-0.39, 0.29) is 18.5 Å². The summed E-state index contributed by atoms with van der Waals surface area (Å²) in [6.45, 7) is 2.20. The number of hydrogen-bond donors (Lipinski definition) is 1. The summed E-state index contributed by atoms with van der Waals surface area (Å²) in [5.41, 5.74) is 3.45. The van der Waals surface area contributed by atoms with Gasteiger partial charge in [0.15, 0.2) is 5.78 Å². The van der Waals surface area contributed by atoms with E-state index in [1.165, 1.54) is 4.90 Å². The minimum atomic E-state index is -0.384. The summed E-state index contributed by atoms with van der Waals surface area (Å²) >= 11 is 0. The molecule has 5 heteroatoms. The molecule has 0 bridgehead atoms. The van der Waals surface area contributed by atoms with Gasteiger partial charge in [0, 0.05) is 36.3 Å². The molecule has 5 nitrogen and oxygen atoms in total. The van der Waals surface area contributed by atoms with Crippen LogP contribution < -0.4 is 0 Å². The number of carbonyl (C=O) groups excluding carboxylic acids is 2. The quantitative estimate of drug-likeness (QED) is 0.712. The first-order chi connectivity index (χ1) is 12.0. The first-order valence-corrected chi connectivity index (χ1v) is 8.07. The number of ether oxygens (including phenoxy) is 1. The molecule has 0 aliphatic heterocycles.